The fourth-order valence-corrected chi connectivity index (χ4v) is 6.65. The Bertz CT molecular complexity index is 495. The molecule has 4 heterocycles. The first-order valence-electron chi connectivity index (χ1n) is 12.3. The van der Waals surface area contributed by atoms with Crippen LogP contribution in [0.4, 0.5) is 4.79 Å². The molecule has 4 aliphatic rings. The standard InChI is InChI=1S/C15H26N2.C9H18NO2.Li/c1-3-7-16-11-13-9-12(14(16)5-1)10-17-8-4-2-6-15(13)17;1-6-12-9(11)10(7(2)3)8(4)5;/h12-15H,1-11H2;6-8H,1-5H3;/q;-1;+1/p+1/t12-,13-,14-,15?;;/m1../s1. The van der Waals surface area contributed by atoms with Crippen LogP contribution in [0.25, 0.3) is 0 Å². The molecule has 5 nitrogen and oxygen atoms in total. The van der Waals surface area contributed by atoms with E-state index in [0.29, 0.717) is 0 Å². The van der Waals surface area contributed by atoms with Gasteiger partial charge in [0.15, 0.2) is 0 Å². The fourth-order valence-electron chi connectivity index (χ4n) is 6.65. The zero-order chi connectivity index (χ0) is 21.0. The van der Waals surface area contributed by atoms with Gasteiger partial charge in [-0.3, -0.25) is 4.90 Å². The summed E-state index contributed by atoms with van der Waals surface area (Å²) in [5, 5.41) is 0. The van der Waals surface area contributed by atoms with Gasteiger partial charge in [0.05, 0.1) is 19.1 Å². The van der Waals surface area contributed by atoms with Gasteiger partial charge in [0.2, 0.25) is 0 Å². The number of amides is 1. The van der Waals surface area contributed by atoms with Crippen molar-refractivity contribution in [1.82, 2.24) is 9.80 Å². The number of fused-ring (bicyclic) bond motifs is 6. The third kappa shape index (κ3) is 6.18. The van der Waals surface area contributed by atoms with E-state index in [-0.39, 0.29) is 37.0 Å². The van der Waals surface area contributed by atoms with Crippen LogP contribution in [-0.2, 0) is 4.74 Å². The molecule has 5 atom stereocenters. The van der Waals surface area contributed by atoms with Gasteiger partial charge >= 0.3 is 25.0 Å². The molecular weight excluding hydrogens is 369 g/mol. The molecule has 4 fully saturated rings. The van der Waals surface area contributed by atoms with Crippen LogP contribution >= 0.6 is 0 Å². The molecule has 1 N–H and O–H groups in total. The van der Waals surface area contributed by atoms with E-state index in [1.165, 1.54) is 71.3 Å². The van der Waals surface area contributed by atoms with Crippen LogP contribution in [0.3, 0.4) is 0 Å². The Morgan fingerprint density at radius 2 is 1.77 bits per heavy atom. The summed E-state index contributed by atoms with van der Waals surface area (Å²) in [6.45, 7) is 16.8. The Hall–Kier alpha value is -0.213. The van der Waals surface area contributed by atoms with Crippen LogP contribution in [-0.4, -0.2) is 66.2 Å². The molecular formula is C24H45LiN3O2+. The number of nitrogens with zero attached hydrogens (tertiary/aromatic N) is 2. The van der Waals surface area contributed by atoms with E-state index in [2.05, 4.69) is 4.90 Å². The maximum absolute atomic E-state index is 11.3. The number of hydrogen-bond donors (Lipinski definition) is 1. The number of carbonyl (C=O) groups excluding carboxylic acids is 1. The van der Waals surface area contributed by atoms with Gasteiger partial charge in [-0.15, -0.1) is 0 Å². The molecule has 0 aliphatic carbocycles. The zero-order valence-corrected chi connectivity index (χ0v) is 20.5. The van der Waals surface area contributed by atoms with Crippen LogP contribution in [0.2, 0.25) is 0 Å². The number of rotatable bonds is 3. The maximum Gasteiger partial charge on any atom is 1.00 e. The van der Waals surface area contributed by atoms with Crippen molar-refractivity contribution >= 4 is 6.09 Å². The van der Waals surface area contributed by atoms with Crippen LogP contribution in [0.5, 0.6) is 0 Å². The molecule has 1 amide bonds. The molecule has 4 rings (SSSR count). The monoisotopic (exact) mass is 414 g/mol. The van der Waals surface area contributed by atoms with Crippen molar-refractivity contribution in [1.29, 1.82) is 0 Å². The molecule has 6 heteroatoms. The first-order chi connectivity index (χ1) is 13.9. The fraction of sp³-hybridized carbons (Fsp3) is 0.917. The van der Waals surface area contributed by atoms with E-state index in [1.54, 1.807) is 18.2 Å². The van der Waals surface area contributed by atoms with Gasteiger partial charge in [0.1, 0.15) is 0 Å². The molecule has 4 aliphatic heterocycles. The van der Waals surface area contributed by atoms with Crippen molar-refractivity contribution in [3.63, 3.8) is 0 Å². The molecule has 2 bridgehead atoms. The molecule has 0 radical (unpaired) electrons. The Morgan fingerprint density at radius 3 is 2.43 bits per heavy atom. The molecule has 30 heavy (non-hydrogen) atoms. The summed E-state index contributed by atoms with van der Waals surface area (Å²) in [7, 11) is 0. The zero-order valence-electron chi connectivity index (χ0n) is 20.5. The van der Waals surface area contributed by atoms with Crippen LogP contribution < -0.4 is 23.8 Å². The average Bonchev–Trinajstić information content (AvgIpc) is 2.68. The quantitative estimate of drug-likeness (QED) is 0.535. The SMILES string of the molecule is C1CC[NH+]2C[C@H]3C[C@H](CN4CCCC[C@H]34)C2C1.C[CH-]OC(=O)N(C(C)C)C(C)C.[Li+]. The van der Waals surface area contributed by atoms with Crippen molar-refractivity contribution in [2.24, 2.45) is 11.8 Å². The van der Waals surface area contributed by atoms with Gasteiger partial charge in [0, 0.05) is 36.5 Å². The van der Waals surface area contributed by atoms with Crippen molar-refractivity contribution in [3.8, 4) is 0 Å². The third-order valence-electron chi connectivity index (χ3n) is 7.71. The smallest absolute Gasteiger partial charge is 0.621 e. The Labute approximate surface area is 197 Å². The number of piperidine rings is 4. The van der Waals surface area contributed by atoms with Crippen molar-refractivity contribution in [2.45, 2.75) is 104 Å². The van der Waals surface area contributed by atoms with Gasteiger partial charge in [0.25, 0.3) is 0 Å². The minimum Gasteiger partial charge on any atom is -0.621 e. The Kier molecular flexibility index (Phi) is 10.5. The second-order valence-electron chi connectivity index (χ2n) is 10.2. The van der Waals surface area contributed by atoms with Gasteiger partial charge in [-0.1, -0.05) is 6.42 Å². The van der Waals surface area contributed by atoms with E-state index in [0.717, 1.165) is 23.9 Å². The summed E-state index contributed by atoms with van der Waals surface area (Å²) in [6.07, 6.45) is 10.3. The Morgan fingerprint density at radius 1 is 1.07 bits per heavy atom. The van der Waals surface area contributed by atoms with Crippen LogP contribution in [0.15, 0.2) is 0 Å². The predicted molar refractivity (Wildman–Crippen MR) is 118 cm³/mol. The second-order valence-corrected chi connectivity index (χ2v) is 10.2. The summed E-state index contributed by atoms with van der Waals surface area (Å²) < 4.78 is 4.79. The average molecular weight is 415 g/mol. The number of quaternary nitrogens is 1. The molecule has 0 aromatic rings. The molecule has 0 aromatic carbocycles. The summed E-state index contributed by atoms with van der Waals surface area (Å²) in [5.74, 6) is 2.11. The molecule has 2 unspecified atom stereocenters. The molecule has 168 valence electrons. The number of ether oxygens (including phenoxy) is 1. The topological polar surface area (TPSA) is 37.2 Å². The number of hydrogen-bond acceptors (Lipinski definition) is 3. The summed E-state index contributed by atoms with van der Waals surface area (Å²) in [4.78, 5) is 17.9. The van der Waals surface area contributed by atoms with Crippen molar-refractivity contribution < 1.29 is 33.3 Å². The van der Waals surface area contributed by atoms with Gasteiger partial charge in [-0.05, 0) is 72.8 Å². The van der Waals surface area contributed by atoms with E-state index < -0.39 is 0 Å². The van der Waals surface area contributed by atoms with Gasteiger partial charge in [-0.2, -0.15) is 13.5 Å². The molecule has 0 aromatic heterocycles. The third-order valence-corrected chi connectivity index (χ3v) is 7.71. The summed E-state index contributed by atoms with van der Waals surface area (Å²) >= 11 is 0. The Balaban J connectivity index is 0.000000222. The second kappa shape index (κ2) is 12.1. The van der Waals surface area contributed by atoms with Crippen molar-refractivity contribution in [3.05, 3.63) is 6.61 Å². The minimum atomic E-state index is -0.275. The first kappa shape index (κ1) is 26.0. The summed E-state index contributed by atoms with van der Waals surface area (Å²) in [5.41, 5.74) is 0. The first-order valence-corrected chi connectivity index (χ1v) is 12.3. The van der Waals surface area contributed by atoms with Crippen molar-refractivity contribution in [2.75, 3.05) is 26.2 Å². The van der Waals surface area contributed by atoms with E-state index >= 15 is 0 Å². The number of carbonyl (C=O) groups is 1. The van der Waals surface area contributed by atoms with Gasteiger partial charge in [-0.25, -0.2) is 4.79 Å². The molecule has 0 saturated carbocycles. The van der Waals surface area contributed by atoms with Crippen LogP contribution in [0.1, 0.15) is 79.6 Å². The van der Waals surface area contributed by atoms with Crippen LogP contribution in [0, 0.1) is 18.4 Å². The maximum atomic E-state index is 11.3. The normalized spacial score (nSPS) is 32.8. The predicted octanol–water partition coefficient (Wildman–Crippen LogP) is 0.355. The van der Waals surface area contributed by atoms with E-state index in [4.69, 9.17) is 4.74 Å². The van der Waals surface area contributed by atoms with Gasteiger partial charge < -0.3 is 14.5 Å². The largest absolute Gasteiger partial charge is 1.00 e. The minimum absolute atomic E-state index is 0. The number of nitrogens with one attached hydrogen (secondary N) is 1. The van der Waals surface area contributed by atoms with E-state index in [9.17, 15) is 4.79 Å². The van der Waals surface area contributed by atoms with E-state index in [1.807, 2.05) is 32.6 Å². The molecule has 4 saturated heterocycles. The molecule has 0 spiro atoms. The summed E-state index contributed by atoms with van der Waals surface area (Å²) in [6, 6.07) is 2.38.